The van der Waals surface area contributed by atoms with Gasteiger partial charge in [-0.2, -0.15) is 0 Å². The van der Waals surface area contributed by atoms with Gasteiger partial charge in [0.15, 0.2) is 0 Å². The Hall–Kier alpha value is -0.370. The average Bonchev–Trinajstić information content (AvgIpc) is 2.16. The summed E-state index contributed by atoms with van der Waals surface area (Å²) in [6.45, 7) is 7.62. The van der Waals surface area contributed by atoms with Gasteiger partial charge in [-0.15, -0.1) is 0 Å². The van der Waals surface area contributed by atoms with E-state index < -0.39 is 6.17 Å². The molecule has 2 rings (SSSR count). The van der Waals surface area contributed by atoms with Crippen molar-refractivity contribution in [3.8, 4) is 0 Å². The summed E-state index contributed by atoms with van der Waals surface area (Å²) in [4.78, 5) is 2.22. The molecule has 0 aromatic carbocycles. The highest BCUT2D eigenvalue weighted by Gasteiger charge is 2.46. The van der Waals surface area contributed by atoms with Gasteiger partial charge in [-0.05, 0) is 19.8 Å². The van der Waals surface area contributed by atoms with E-state index in [4.69, 9.17) is 0 Å². The predicted octanol–water partition coefficient (Wildman–Crippen LogP) is 1.75. The highest BCUT2D eigenvalue weighted by Crippen LogP contribution is 2.41. The number of hydrogen-bond donors (Lipinski definition) is 0. The van der Waals surface area contributed by atoms with Crippen LogP contribution < -0.4 is 0 Å². The maximum Gasteiger partial charge on any atom is 0.115 e. The minimum atomic E-state index is -0.604. The van der Waals surface area contributed by atoms with E-state index in [1.807, 2.05) is 0 Å². The van der Waals surface area contributed by atoms with Crippen molar-refractivity contribution >= 4 is 0 Å². The largest absolute Gasteiger partial charge is 0.291 e. The molecule has 2 atom stereocenters. The van der Waals surface area contributed by atoms with Crippen LogP contribution in [0.4, 0.5) is 4.39 Å². The zero-order valence-corrected chi connectivity index (χ0v) is 6.94. The Balaban J connectivity index is 2.19. The topological polar surface area (TPSA) is 3.24 Å². The first-order chi connectivity index (χ1) is 5.10. The van der Waals surface area contributed by atoms with E-state index in [-0.39, 0.29) is 5.54 Å². The Morgan fingerprint density at radius 2 is 2.45 bits per heavy atom. The molecule has 0 radical (unpaired) electrons. The average molecular weight is 155 g/mol. The first kappa shape index (κ1) is 7.29. The number of alkyl halides is 1. The summed E-state index contributed by atoms with van der Waals surface area (Å²) < 4.78 is 12.9. The van der Waals surface area contributed by atoms with Gasteiger partial charge >= 0.3 is 0 Å². The van der Waals surface area contributed by atoms with Crippen LogP contribution in [0.5, 0.6) is 0 Å². The Bertz CT molecular complexity index is 202. The minimum absolute atomic E-state index is 0.108. The Morgan fingerprint density at radius 3 is 3.09 bits per heavy atom. The summed E-state index contributed by atoms with van der Waals surface area (Å²) in [5.41, 5.74) is 1.37. The van der Waals surface area contributed by atoms with Gasteiger partial charge in [0, 0.05) is 18.6 Å². The van der Waals surface area contributed by atoms with E-state index in [1.165, 1.54) is 5.57 Å². The SMILES string of the molecule is C=C1CN2C[C@H](F)C[C@]2(C)C1. The van der Waals surface area contributed by atoms with Crippen LogP contribution in [0.3, 0.4) is 0 Å². The zero-order chi connectivity index (χ0) is 8.06. The van der Waals surface area contributed by atoms with Gasteiger partial charge in [0.2, 0.25) is 0 Å². The highest BCUT2D eigenvalue weighted by atomic mass is 19.1. The smallest absolute Gasteiger partial charge is 0.115 e. The van der Waals surface area contributed by atoms with Crippen LogP contribution >= 0.6 is 0 Å². The maximum absolute atomic E-state index is 12.9. The number of nitrogens with zero attached hydrogens (tertiary/aromatic N) is 1. The molecule has 0 amide bonds. The van der Waals surface area contributed by atoms with Gasteiger partial charge in [-0.1, -0.05) is 12.2 Å². The monoisotopic (exact) mass is 155 g/mol. The molecule has 1 nitrogen and oxygen atoms in total. The van der Waals surface area contributed by atoms with Crippen molar-refractivity contribution in [1.82, 2.24) is 4.90 Å². The van der Waals surface area contributed by atoms with Crippen LogP contribution in [-0.4, -0.2) is 29.7 Å². The molecule has 2 aliphatic heterocycles. The molecule has 0 N–H and O–H groups in total. The molecule has 2 saturated heterocycles. The lowest BCUT2D eigenvalue weighted by atomic mass is 9.95. The molecule has 2 heteroatoms. The lowest BCUT2D eigenvalue weighted by Crippen LogP contribution is -2.34. The second-order valence-electron chi connectivity index (χ2n) is 4.11. The summed E-state index contributed by atoms with van der Waals surface area (Å²) >= 11 is 0. The molecule has 11 heavy (non-hydrogen) atoms. The zero-order valence-electron chi connectivity index (χ0n) is 6.94. The maximum atomic E-state index is 12.9. The standard InChI is InChI=1S/C9H14FN/c1-7-3-9(2)4-8(10)6-11(9)5-7/h8H,1,3-6H2,2H3/t8-,9+/m1/s1. The molecule has 0 aliphatic carbocycles. The van der Waals surface area contributed by atoms with Crippen LogP contribution in [0, 0.1) is 0 Å². The van der Waals surface area contributed by atoms with E-state index in [0.29, 0.717) is 13.0 Å². The predicted molar refractivity (Wildman–Crippen MR) is 43.2 cm³/mol. The number of halogens is 1. The minimum Gasteiger partial charge on any atom is -0.291 e. The lowest BCUT2D eigenvalue weighted by molar-refractivity contribution is 0.217. The van der Waals surface area contributed by atoms with Crippen molar-refractivity contribution in [2.75, 3.05) is 13.1 Å². The summed E-state index contributed by atoms with van der Waals surface area (Å²) in [6.07, 6.45) is 1.09. The third-order valence-corrected chi connectivity index (χ3v) is 2.89. The molecule has 0 aromatic rings. The third-order valence-electron chi connectivity index (χ3n) is 2.89. The van der Waals surface area contributed by atoms with Crippen molar-refractivity contribution in [3.05, 3.63) is 12.2 Å². The molecule has 0 saturated carbocycles. The van der Waals surface area contributed by atoms with Gasteiger partial charge in [0.25, 0.3) is 0 Å². The van der Waals surface area contributed by atoms with Crippen LogP contribution in [0.25, 0.3) is 0 Å². The second kappa shape index (κ2) is 2.07. The molecule has 0 unspecified atom stereocenters. The molecule has 0 spiro atoms. The summed E-state index contributed by atoms with van der Waals surface area (Å²) in [6, 6.07) is 0. The van der Waals surface area contributed by atoms with Crippen LogP contribution in [0.15, 0.2) is 12.2 Å². The third kappa shape index (κ3) is 1.00. The molecular weight excluding hydrogens is 141 g/mol. The van der Waals surface area contributed by atoms with E-state index in [1.54, 1.807) is 0 Å². The number of rotatable bonds is 0. The van der Waals surface area contributed by atoms with Gasteiger partial charge in [0.1, 0.15) is 6.17 Å². The van der Waals surface area contributed by atoms with Gasteiger partial charge in [0.05, 0.1) is 0 Å². The molecule has 0 bridgehead atoms. The first-order valence-corrected chi connectivity index (χ1v) is 4.16. The fourth-order valence-electron chi connectivity index (χ4n) is 2.43. The first-order valence-electron chi connectivity index (χ1n) is 4.16. The summed E-state index contributed by atoms with van der Waals surface area (Å²) in [7, 11) is 0. The van der Waals surface area contributed by atoms with Crippen LogP contribution in [0.2, 0.25) is 0 Å². The molecule has 2 aliphatic rings. The van der Waals surface area contributed by atoms with Crippen molar-refractivity contribution in [2.45, 2.75) is 31.5 Å². The Morgan fingerprint density at radius 1 is 1.73 bits per heavy atom. The van der Waals surface area contributed by atoms with Crippen molar-refractivity contribution in [1.29, 1.82) is 0 Å². The molecular formula is C9H14FN. The van der Waals surface area contributed by atoms with Gasteiger partial charge < -0.3 is 0 Å². The Kier molecular flexibility index (Phi) is 1.37. The summed E-state index contributed by atoms with van der Waals surface area (Å²) in [5.74, 6) is 0. The molecule has 2 fully saturated rings. The normalized spacial score (nSPS) is 44.9. The Labute approximate surface area is 66.9 Å². The molecule has 2 heterocycles. The van der Waals surface area contributed by atoms with E-state index in [2.05, 4.69) is 18.4 Å². The molecule has 62 valence electrons. The lowest BCUT2D eigenvalue weighted by Gasteiger charge is -2.25. The van der Waals surface area contributed by atoms with Crippen molar-refractivity contribution in [2.24, 2.45) is 0 Å². The summed E-state index contributed by atoms with van der Waals surface area (Å²) in [5, 5.41) is 0. The van der Waals surface area contributed by atoms with E-state index in [9.17, 15) is 4.39 Å². The van der Waals surface area contributed by atoms with Crippen LogP contribution in [0.1, 0.15) is 19.8 Å². The molecule has 0 aromatic heterocycles. The van der Waals surface area contributed by atoms with Crippen molar-refractivity contribution < 1.29 is 4.39 Å². The quantitative estimate of drug-likeness (QED) is 0.482. The van der Waals surface area contributed by atoms with Crippen molar-refractivity contribution in [3.63, 3.8) is 0 Å². The number of hydrogen-bond acceptors (Lipinski definition) is 1. The number of fused-ring (bicyclic) bond motifs is 1. The van der Waals surface area contributed by atoms with E-state index in [0.717, 1.165) is 13.0 Å². The fraction of sp³-hybridized carbons (Fsp3) is 0.778. The van der Waals surface area contributed by atoms with Crippen LogP contribution in [-0.2, 0) is 0 Å². The van der Waals surface area contributed by atoms with Gasteiger partial charge in [-0.3, -0.25) is 4.90 Å². The second-order valence-corrected chi connectivity index (χ2v) is 4.11. The van der Waals surface area contributed by atoms with E-state index >= 15 is 0 Å². The highest BCUT2D eigenvalue weighted by molar-refractivity contribution is 5.17. The fourth-order valence-corrected chi connectivity index (χ4v) is 2.43. The van der Waals surface area contributed by atoms with Gasteiger partial charge in [-0.25, -0.2) is 4.39 Å².